The molecule has 3 heteroatoms. The van der Waals surface area contributed by atoms with Gasteiger partial charge in [0.25, 0.3) is 0 Å². The van der Waals surface area contributed by atoms with Gasteiger partial charge < -0.3 is 9.64 Å². The lowest BCUT2D eigenvalue weighted by molar-refractivity contribution is 0.0403. The van der Waals surface area contributed by atoms with Crippen LogP contribution in [0.2, 0.25) is 0 Å². The first kappa shape index (κ1) is 16.9. The van der Waals surface area contributed by atoms with Gasteiger partial charge in [0, 0.05) is 57.9 Å². The van der Waals surface area contributed by atoms with Crippen LogP contribution in [0.25, 0.3) is 0 Å². The normalized spacial score (nSPS) is 22.3. The topological polar surface area (TPSA) is 15.7 Å². The zero-order valence-corrected chi connectivity index (χ0v) is 14.8. The van der Waals surface area contributed by atoms with E-state index in [1.54, 1.807) is 0 Å². The van der Waals surface area contributed by atoms with Crippen molar-refractivity contribution in [1.29, 1.82) is 0 Å². The van der Waals surface area contributed by atoms with Crippen molar-refractivity contribution in [3.8, 4) is 0 Å². The Morgan fingerprint density at radius 1 is 0.957 bits per heavy atom. The molecule has 0 atom stereocenters. The van der Waals surface area contributed by atoms with Gasteiger partial charge in [-0.25, -0.2) is 0 Å². The Morgan fingerprint density at radius 2 is 1.57 bits per heavy atom. The second-order valence-corrected chi connectivity index (χ2v) is 7.88. The summed E-state index contributed by atoms with van der Waals surface area (Å²) >= 11 is 0. The molecule has 0 N–H and O–H groups in total. The SMILES string of the molecule is CC(C)(CN1CCN(CC2CCOCC2)CC1)c1ccccc1. The van der Waals surface area contributed by atoms with E-state index in [1.807, 2.05) is 0 Å². The molecule has 2 heterocycles. The van der Waals surface area contributed by atoms with E-state index in [0.717, 1.165) is 25.7 Å². The number of nitrogens with zero attached hydrogens (tertiary/aromatic N) is 2. The maximum atomic E-state index is 5.48. The van der Waals surface area contributed by atoms with Crippen molar-refractivity contribution in [2.45, 2.75) is 32.1 Å². The smallest absolute Gasteiger partial charge is 0.0469 e. The van der Waals surface area contributed by atoms with Crippen LogP contribution in [-0.2, 0) is 10.2 Å². The molecule has 2 aliphatic rings. The highest BCUT2D eigenvalue weighted by Crippen LogP contribution is 2.25. The Labute approximate surface area is 141 Å². The minimum absolute atomic E-state index is 0.226. The summed E-state index contributed by atoms with van der Waals surface area (Å²) in [6.45, 7) is 14.0. The van der Waals surface area contributed by atoms with Crippen LogP contribution in [-0.4, -0.2) is 62.3 Å². The van der Waals surface area contributed by atoms with Gasteiger partial charge in [0.15, 0.2) is 0 Å². The van der Waals surface area contributed by atoms with Gasteiger partial charge in [-0.3, -0.25) is 4.90 Å². The fourth-order valence-corrected chi connectivity index (χ4v) is 3.96. The van der Waals surface area contributed by atoms with Gasteiger partial charge in [0.1, 0.15) is 0 Å². The molecular weight excluding hydrogens is 284 g/mol. The second-order valence-electron chi connectivity index (χ2n) is 7.88. The van der Waals surface area contributed by atoms with Crippen LogP contribution < -0.4 is 0 Å². The van der Waals surface area contributed by atoms with Crippen molar-refractivity contribution in [3.63, 3.8) is 0 Å². The molecule has 1 aromatic carbocycles. The molecule has 3 nitrogen and oxygen atoms in total. The third-order valence-corrected chi connectivity index (χ3v) is 5.50. The summed E-state index contributed by atoms with van der Waals surface area (Å²) in [5.74, 6) is 0.857. The number of rotatable bonds is 5. The average Bonchev–Trinajstić information content (AvgIpc) is 2.58. The molecule has 2 fully saturated rings. The minimum atomic E-state index is 0.226. The number of piperazine rings is 1. The first-order valence-electron chi connectivity index (χ1n) is 9.21. The standard InChI is InChI=1S/C20H32N2O/c1-20(2,19-6-4-3-5-7-19)17-22-12-10-21(11-13-22)16-18-8-14-23-15-9-18/h3-7,18H,8-17H2,1-2H3. The molecule has 0 saturated carbocycles. The monoisotopic (exact) mass is 316 g/mol. The van der Waals surface area contributed by atoms with Crippen molar-refractivity contribution >= 4 is 0 Å². The molecule has 1 aromatic rings. The Bertz CT molecular complexity index is 460. The predicted molar refractivity (Wildman–Crippen MR) is 95.9 cm³/mol. The van der Waals surface area contributed by atoms with E-state index in [-0.39, 0.29) is 5.41 Å². The van der Waals surface area contributed by atoms with Crippen molar-refractivity contribution in [2.75, 3.05) is 52.5 Å². The number of hydrogen-bond acceptors (Lipinski definition) is 3. The predicted octanol–water partition coefficient (Wildman–Crippen LogP) is 3.01. The van der Waals surface area contributed by atoms with Crippen LogP contribution in [0.1, 0.15) is 32.3 Å². The molecule has 0 aliphatic carbocycles. The van der Waals surface area contributed by atoms with Gasteiger partial charge in [-0.1, -0.05) is 44.2 Å². The minimum Gasteiger partial charge on any atom is -0.381 e. The fraction of sp³-hybridized carbons (Fsp3) is 0.700. The molecule has 23 heavy (non-hydrogen) atoms. The summed E-state index contributed by atoms with van der Waals surface area (Å²) in [6.07, 6.45) is 2.50. The van der Waals surface area contributed by atoms with Gasteiger partial charge in [0.2, 0.25) is 0 Å². The summed E-state index contributed by atoms with van der Waals surface area (Å²) in [7, 11) is 0. The van der Waals surface area contributed by atoms with Gasteiger partial charge in [-0.15, -0.1) is 0 Å². The molecule has 128 valence electrons. The Hall–Kier alpha value is -0.900. The molecule has 3 rings (SSSR count). The largest absolute Gasteiger partial charge is 0.381 e. The van der Waals surface area contributed by atoms with E-state index in [4.69, 9.17) is 4.74 Å². The molecular formula is C20H32N2O. The van der Waals surface area contributed by atoms with Crippen molar-refractivity contribution in [2.24, 2.45) is 5.92 Å². The van der Waals surface area contributed by atoms with Crippen LogP contribution in [0.3, 0.4) is 0 Å². The van der Waals surface area contributed by atoms with Gasteiger partial charge in [0.05, 0.1) is 0 Å². The molecule has 0 aromatic heterocycles. The van der Waals surface area contributed by atoms with E-state index in [0.29, 0.717) is 0 Å². The summed E-state index contributed by atoms with van der Waals surface area (Å²) in [4.78, 5) is 5.31. The summed E-state index contributed by atoms with van der Waals surface area (Å²) in [6, 6.07) is 10.9. The summed E-state index contributed by atoms with van der Waals surface area (Å²) in [5.41, 5.74) is 1.68. The van der Waals surface area contributed by atoms with Gasteiger partial charge in [-0.05, 0) is 24.3 Å². The zero-order valence-electron chi connectivity index (χ0n) is 14.8. The number of ether oxygens (including phenoxy) is 1. The van der Waals surface area contributed by atoms with Gasteiger partial charge in [-0.2, -0.15) is 0 Å². The number of hydrogen-bond donors (Lipinski definition) is 0. The van der Waals surface area contributed by atoms with E-state index in [2.05, 4.69) is 54.0 Å². The molecule has 2 saturated heterocycles. The molecule has 0 radical (unpaired) electrons. The fourth-order valence-electron chi connectivity index (χ4n) is 3.96. The van der Waals surface area contributed by atoms with Crippen LogP contribution in [0.5, 0.6) is 0 Å². The molecule has 0 spiro atoms. The van der Waals surface area contributed by atoms with E-state index in [1.165, 1.54) is 51.1 Å². The Morgan fingerprint density at radius 3 is 2.22 bits per heavy atom. The maximum absolute atomic E-state index is 5.48. The zero-order chi connectivity index (χ0) is 16.1. The lowest BCUT2D eigenvalue weighted by atomic mass is 9.84. The van der Waals surface area contributed by atoms with Crippen molar-refractivity contribution in [3.05, 3.63) is 35.9 Å². The highest BCUT2D eigenvalue weighted by Gasteiger charge is 2.27. The maximum Gasteiger partial charge on any atom is 0.0469 e. The molecule has 0 bridgehead atoms. The summed E-state index contributed by atoms with van der Waals surface area (Å²) in [5, 5.41) is 0. The summed E-state index contributed by atoms with van der Waals surface area (Å²) < 4.78 is 5.48. The lowest BCUT2D eigenvalue weighted by Gasteiger charge is -2.40. The van der Waals surface area contributed by atoms with Crippen LogP contribution >= 0.6 is 0 Å². The van der Waals surface area contributed by atoms with Crippen LogP contribution in [0, 0.1) is 5.92 Å². The van der Waals surface area contributed by atoms with E-state index < -0.39 is 0 Å². The third kappa shape index (κ3) is 4.79. The first-order valence-corrected chi connectivity index (χ1v) is 9.21. The number of benzene rings is 1. The van der Waals surface area contributed by atoms with Crippen LogP contribution in [0.15, 0.2) is 30.3 Å². The van der Waals surface area contributed by atoms with E-state index in [9.17, 15) is 0 Å². The van der Waals surface area contributed by atoms with Crippen LogP contribution in [0.4, 0.5) is 0 Å². The second kappa shape index (κ2) is 7.78. The first-order chi connectivity index (χ1) is 11.1. The highest BCUT2D eigenvalue weighted by molar-refractivity contribution is 5.23. The highest BCUT2D eigenvalue weighted by atomic mass is 16.5. The average molecular weight is 316 g/mol. The Kier molecular flexibility index (Phi) is 5.73. The van der Waals surface area contributed by atoms with E-state index >= 15 is 0 Å². The Balaban J connectivity index is 1.45. The van der Waals surface area contributed by atoms with Crippen molar-refractivity contribution < 1.29 is 4.74 Å². The third-order valence-electron chi connectivity index (χ3n) is 5.50. The van der Waals surface area contributed by atoms with Gasteiger partial charge >= 0.3 is 0 Å². The van der Waals surface area contributed by atoms with Crippen molar-refractivity contribution in [1.82, 2.24) is 9.80 Å². The quantitative estimate of drug-likeness (QED) is 0.830. The molecule has 0 unspecified atom stereocenters. The lowest BCUT2D eigenvalue weighted by Crippen LogP contribution is -2.50. The molecule has 2 aliphatic heterocycles. The molecule has 0 amide bonds.